The Morgan fingerprint density at radius 3 is 2.68 bits per heavy atom. The van der Waals surface area contributed by atoms with E-state index in [1.807, 2.05) is 31.2 Å². The molecule has 0 bridgehead atoms. The van der Waals surface area contributed by atoms with Gasteiger partial charge >= 0.3 is 0 Å². The summed E-state index contributed by atoms with van der Waals surface area (Å²) < 4.78 is 5.71. The van der Waals surface area contributed by atoms with Crippen LogP contribution in [0.1, 0.15) is 18.9 Å². The molecule has 1 saturated heterocycles. The maximum Gasteiger partial charge on any atom is 0.266 e. The zero-order valence-electron chi connectivity index (χ0n) is 11.9. The molecule has 0 saturated carbocycles. The van der Waals surface area contributed by atoms with Gasteiger partial charge in [0.2, 0.25) is 0 Å². The van der Waals surface area contributed by atoms with Crippen LogP contribution in [0.25, 0.3) is 6.08 Å². The van der Waals surface area contributed by atoms with Crippen LogP contribution in [0.2, 0.25) is 0 Å². The van der Waals surface area contributed by atoms with Gasteiger partial charge in [0, 0.05) is 0 Å². The van der Waals surface area contributed by atoms with Gasteiger partial charge in [-0.2, -0.15) is 0 Å². The minimum atomic E-state index is -1.34. The largest absolute Gasteiger partial charge is 0.548 e. The van der Waals surface area contributed by atoms with Gasteiger partial charge in [-0.05, 0) is 30.2 Å². The Morgan fingerprint density at radius 1 is 1.41 bits per heavy atom. The van der Waals surface area contributed by atoms with Crippen molar-refractivity contribution in [2.45, 2.75) is 13.3 Å². The molecule has 0 aliphatic carbocycles. The number of nitrogens with zero attached hydrogens (tertiary/aromatic N) is 1. The molecule has 0 unspecified atom stereocenters. The first-order valence-corrected chi connectivity index (χ1v) is 7.92. The van der Waals surface area contributed by atoms with Crippen molar-refractivity contribution in [2.24, 2.45) is 0 Å². The lowest BCUT2D eigenvalue weighted by Crippen LogP contribution is -2.40. The molecule has 1 aliphatic heterocycles. The number of amides is 1. The van der Waals surface area contributed by atoms with Gasteiger partial charge in [-0.3, -0.25) is 9.69 Å². The molecule has 1 aliphatic rings. The van der Waals surface area contributed by atoms with Crippen LogP contribution in [-0.2, 0) is 9.59 Å². The second-order valence-corrected chi connectivity index (χ2v) is 6.23. The van der Waals surface area contributed by atoms with E-state index in [1.54, 1.807) is 6.08 Å². The van der Waals surface area contributed by atoms with Gasteiger partial charge in [0.15, 0.2) is 0 Å². The fraction of sp³-hybridized carbons (Fsp3) is 0.267. The van der Waals surface area contributed by atoms with Crippen LogP contribution in [0.15, 0.2) is 29.2 Å². The van der Waals surface area contributed by atoms with Crippen molar-refractivity contribution in [1.29, 1.82) is 0 Å². The van der Waals surface area contributed by atoms with Crippen molar-refractivity contribution in [3.05, 3.63) is 34.7 Å². The van der Waals surface area contributed by atoms with E-state index in [0.29, 0.717) is 11.5 Å². The highest BCUT2D eigenvalue weighted by molar-refractivity contribution is 8.26. The summed E-state index contributed by atoms with van der Waals surface area (Å²) in [5, 5.41) is 10.6. The summed E-state index contributed by atoms with van der Waals surface area (Å²) in [7, 11) is 0. The molecular weight excluding hydrogens is 322 g/mol. The van der Waals surface area contributed by atoms with Crippen molar-refractivity contribution in [2.75, 3.05) is 13.2 Å². The van der Waals surface area contributed by atoms with Gasteiger partial charge < -0.3 is 14.6 Å². The Labute approximate surface area is 137 Å². The second kappa shape index (κ2) is 7.42. The molecule has 0 atom stereocenters. The number of hydrogen-bond acceptors (Lipinski definition) is 6. The number of carboxylic acid groups (broad SMARTS) is 1. The van der Waals surface area contributed by atoms with E-state index >= 15 is 0 Å². The molecule has 0 spiro atoms. The normalized spacial score (nSPS) is 16.4. The first kappa shape index (κ1) is 16.5. The van der Waals surface area contributed by atoms with Gasteiger partial charge in [-0.25, -0.2) is 0 Å². The van der Waals surface area contributed by atoms with Crippen LogP contribution in [-0.4, -0.2) is 34.2 Å². The molecule has 0 N–H and O–H groups in total. The summed E-state index contributed by atoms with van der Waals surface area (Å²) >= 11 is 6.10. The minimum Gasteiger partial charge on any atom is -0.548 e. The third kappa shape index (κ3) is 4.08. The summed E-state index contributed by atoms with van der Waals surface area (Å²) in [6.45, 7) is 2.16. The van der Waals surface area contributed by atoms with Crippen molar-refractivity contribution in [3.8, 4) is 5.75 Å². The molecule has 116 valence electrons. The number of carbonyl (C=O) groups excluding carboxylic acids is 2. The Morgan fingerprint density at radius 2 is 2.09 bits per heavy atom. The molecule has 0 radical (unpaired) electrons. The standard InChI is InChI=1S/C15H15NO4S2/c1-2-7-20-11-5-3-10(4-6-11)8-12-14(19)16(9-13(17)18)15(21)22-12/h3-6,8H,2,7,9H2,1H3,(H,17,18)/p-1/b12-8+. The molecular formula is C15H14NO4S2-. The average Bonchev–Trinajstić information content (AvgIpc) is 2.74. The van der Waals surface area contributed by atoms with Crippen LogP contribution in [0.5, 0.6) is 5.75 Å². The van der Waals surface area contributed by atoms with E-state index in [-0.39, 0.29) is 4.32 Å². The number of thiocarbonyl (C=S) groups is 1. The van der Waals surface area contributed by atoms with Gasteiger partial charge in [-0.1, -0.05) is 43.0 Å². The number of rotatable bonds is 6. The molecule has 7 heteroatoms. The highest BCUT2D eigenvalue weighted by atomic mass is 32.2. The predicted molar refractivity (Wildman–Crippen MR) is 87.1 cm³/mol. The first-order chi connectivity index (χ1) is 10.5. The van der Waals surface area contributed by atoms with Crippen molar-refractivity contribution < 1.29 is 19.4 Å². The smallest absolute Gasteiger partial charge is 0.266 e. The summed E-state index contributed by atoms with van der Waals surface area (Å²) in [5.74, 6) is -0.982. The molecule has 2 rings (SSSR count). The molecule has 1 amide bonds. The quantitative estimate of drug-likeness (QED) is 0.578. The third-order valence-electron chi connectivity index (χ3n) is 2.81. The Kier molecular flexibility index (Phi) is 5.57. The van der Waals surface area contributed by atoms with Crippen LogP contribution in [0, 0.1) is 0 Å². The molecule has 1 aromatic carbocycles. The average molecular weight is 336 g/mol. The van der Waals surface area contributed by atoms with E-state index < -0.39 is 18.4 Å². The summed E-state index contributed by atoms with van der Waals surface area (Å²) in [6.07, 6.45) is 2.61. The van der Waals surface area contributed by atoms with Crippen LogP contribution >= 0.6 is 24.0 Å². The van der Waals surface area contributed by atoms with E-state index in [2.05, 4.69) is 0 Å². The summed E-state index contributed by atoms with van der Waals surface area (Å²) in [5.41, 5.74) is 0.817. The van der Waals surface area contributed by atoms with Gasteiger partial charge in [0.05, 0.1) is 24.0 Å². The highest BCUT2D eigenvalue weighted by Gasteiger charge is 2.31. The van der Waals surface area contributed by atoms with Crippen molar-refractivity contribution >= 4 is 46.3 Å². The zero-order valence-corrected chi connectivity index (χ0v) is 13.5. The van der Waals surface area contributed by atoms with Crippen LogP contribution in [0.4, 0.5) is 0 Å². The Balaban J connectivity index is 2.11. The number of thioether (sulfide) groups is 1. The fourth-order valence-electron chi connectivity index (χ4n) is 1.80. The van der Waals surface area contributed by atoms with E-state index in [1.165, 1.54) is 0 Å². The summed E-state index contributed by atoms with van der Waals surface area (Å²) in [6, 6.07) is 7.30. The number of hydrogen-bond donors (Lipinski definition) is 0. The molecule has 1 heterocycles. The van der Waals surface area contributed by atoms with Gasteiger partial charge in [-0.15, -0.1) is 0 Å². The highest BCUT2D eigenvalue weighted by Crippen LogP contribution is 2.32. The molecule has 0 aromatic heterocycles. The number of carbonyl (C=O) groups is 2. The van der Waals surface area contributed by atoms with Gasteiger partial charge in [0.1, 0.15) is 10.1 Å². The van der Waals surface area contributed by atoms with E-state index in [9.17, 15) is 14.7 Å². The fourth-order valence-corrected chi connectivity index (χ4v) is 3.05. The molecule has 1 fully saturated rings. The number of aliphatic carboxylic acids is 1. The number of carboxylic acids is 1. The first-order valence-electron chi connectivity index (χ1n) is 6.69. The summed E-state index contributed by atoms with van der Waals surface area (Å²) in [4.78, 5) is 24.1. The third-order valence-corrected chi connectivity index (χ3v) is 4.19. The maximum absolute atomic E-state index is 12.1. The van der Waals surface area contributed by atoms with E-state index in [0.717, 1.165) is 34.4 Å². The Bertz CT molecular complexity index is 625. The minimum absolute atomic E-state index is 0.225. The zero-order chi connectivity index (χ0) is 16.1. The lowest BCUT2D eigenvalue weighted by atomic mass is 10.2. The lowest BCUT2D eigenvalue weighted by Gasteiger charge is -2.14. The van der Waals surface area contributed by atoms with Crippen molar-refractivity contribution in [3.63, 3.8) is 0 Å². The maximum atomic E-state index is 12.1. The lowest BCUT2D eigenvalue weighted by molar-refractivity contribution is -0.305. The number of benzene rings is 1. The Hall–Kier alpha value is -1.86. The number of ether oxygens (including phenoxy) is 1. The van der Waals surface area contributed by atoms with E-state index in [4.69, 9.17) is 17.0 Å². The van der Waals surface area contributed by atoms with Gasteiger partial charge in [0.25, 0.3) is 5.91 Å². The van der Waals surface area contributed by atoms with Crippen molar-refractivity contribution in [1.82, 2.24) is 4.90 Å². The molecule has 5 nitrogen and oxygen atoms in total. The van der Waals surface area contributed by atoms with Crippen LogP contribution in [0.3, 0.4) is 0 Å². The predicted octanol–water partition coefficient (Wildman–Crippen LogP) is 1.43. The second-order valence-electron chi connectivity index (χ2n) is 4.56. The SMILES string of the molecule is CCCOc1ccc(/C=C2/SC(=S)N(CC(=O)[O-])C2=O)cc1. The molecule has 1 aromatic rings. The molecule has 22 heavy (non-hydrogen) atoms. The monoisotopic (exact) mass is 336 g/mol. The topological polar surface area (TPSA) is 69.7 Å². The van der Waals surface area contributed by atoms with Crippen LogP contribution < -0.4 is 9.84 Å².